The van der Waals surface area contributed by atoms with Crippen LogP contribution in [0.25, 0.3) is 11.3 Å². The van der Waals surface area contributed by atoms with E-state index >= 15 is 0 Å². The molecule has 0 saturated carbocycles. The van der Waals surface area contributed by atoms with E-state index in [9.17, 15) is 0 Å². The lowest BCUT2D eigenvalue weighted by atomic mass is 10.0. The number of likely N-dealkylation sites (N-methyl/N-ethyl adjacent to an activating group) is 1. The van der Waals surface area contributed by atoms with Crippen molar-refractivity contribution in [2.24, 2.45) is 0 Å². The van der Waals surface area contributed by atoms with Gasteiger partial charge in [-0.15, -0.1) is 0 Å². The standard InChI is InChI=1S/C18H24BrN3O2/c1-4-22-8-7-15-13(11-22)17(21-20-15)12-9-14(19)18(24-6-3)16(10-12)23-5-2/h9-10H,4-8,11H2,1-3H3,(H,20,21). The summed E-state index contributed by atoms with van der Waals surface area (Å²) >= 11 is 3.62. The van der Waals surface area contributed by atoms with Crippen LogP contribution in [0.15, 0.2) is 16.6 Å². The fourth-order valence-corrected chi connectivity index (χ4v) is 3.67. The summed E-state index contributed by atoms with van der Waals surface area (Å²) in [4.78, 5) is 2.44. The second-order valence-electron chi connectivity index (χ2n) is 5.80. The molecule has 1 aromatic heterocycles. The number of aromatic amines is 1. The van der Waals surface area contributed by atoms with Gasteiger partial charge in [-0.2, -0.15) is 5.10 Å². The van der Waals surface area contributed by atoms with Crippen LogP contribution in [0.2, 0.25) is 0 Å². The predicted molar refractivity (Wildman–Crippen MR) is 98.7 cm³/mol. The van der Waals surface area contributed by atoms with Gasteiger partial charge in [-0.25, -0.2) is 0 Å². The lowest BCUT2D eigenvalue weighted by molar-refractivity contribution is 0.267. The van der Waals surface area contributed by atoms with Crippen molar-refractivity contribution in [3.63, 3.8) is 0 Å². The summed E-state index contributed by atoms with van der Waals surface area (Å²) in [6.45, 7) is 10.4. The van der Waals surface area contributed by atoms with Crippen molar-refractivity contribution < 1.29 is 9.47 Å². The Bertz CT molecular complexity index is 715. The summed E-state index contributed by atoms with van der Waals surface area (Å²) in [6.07, 6.45) is 1.02. The topological polar surface area (TPSA) is 50.4 Å². The Hall–Kier alpha value is -1.53. The molecule has 2 aromatic rings. The summed E-state index contributed by atoms with van der Waals surface area (Å²) < 4.78 is 12.4. The molecular weight excluding hydrogens is 370 g/mol. The quantitative estimate of drug-likeness (QED) is 0.804. The fraction of sp³-hybridized carbons (Fsp3) is 0.500. The van der Waals surface area contributed by atoms with E-state index in [1.165, 1.54) is 11.3 Å². The molecule has 1 aliphatic heterocycles. The Labute approximate surface area is 151 Å². The number of aromatic nitrogens is 2. The number of nitrogens with zero attached hydrogens (tertiary/aromatic N) is 2. The number of fused-ring (bicyclic) bond motifs is 1. The SMILES string of the molecule is CCOc1cc(-c2n[nH]c3c2CN(CC)CC3)cc(Br)c1OCC. The van der Waals surface area contributed by atoms with Gasteiger partial charge < -0.3 is 9.47 Å². The molecule has 1 N–H and O–H groups in total. The van der Waals surface area contributed by atoms with Gasteiger partial charge in [-0.1, -0.05) is 6.92 Å². The fourth-order valence-electron chi connectivity index (χ4n) is 3.11. The molecule has 5 nitrogen and oxygen atoms in total. The van der Waals surface area contributed by atoms with E-state index in [4.69, 9.17) is 9.47 Å². The van der Waals surface area contributed by atoms with Crippen LogP contribution in [0.5, 0.6) is 11.5 Å². The second kappa shape index (κ2) is 7.57. The van der Waals surface area contributed by atoms with E-state index in [-0.39, 0.29) is 0 Å². The Balaban J connectivity index is 2.03. The molecular formula is C18H24BrN3O2. The van der Waals surface area contributed by atoms with Crippen LogP contribution in [0.1, 0.15) is 32.0 Å². The lowest BCUT2D eigenvalue weighted by Crippen LogP contribution is -2.30. The molecule has 0 bridgehead atoms. The summed E-state index contributed by atoms with van der Waals surface area (Å²) in [5.41, 5.74) is 4.59. The van der Waals surface area contributed by atoms with Crippen molar-refractivity contribution in [1.29, 1.82) is 0 Å². The number of nitrogens with one attached hydrogen (secondary N) is 1. The highest BCUT2D eigenvalue weighted by Crippen LogP contribution is 2.41. The molecule has 3 rings (SSSR count). The van der Waals surface area contributed by atoms with Crippen molar-refractivity contribution in [1.82, 2.24) is 15.1 Å². The van der Waals surface area contributed by atoms with Gasteiger partial charge in [0.2, 0.25) is 0 Å². The first-order chi connectivity index (χ1) is 11.7. The minimum absolute atomic E-state index is 0.595. The molecule has 130 valence electrons. The molecule has 0 spiro atoms. The lowest BCUT2D eigenvalue weighted by Gasteiger charge is -2.25. The minimum atomic E-state index is 0.595. The van der Waals surface area contributed by atoms with Crippen LogP contribution in [0, 0.1) is 0 Å². The molecule has 1 aliphatic rings. The highest BCUT2D eigenvalue weighted by molar-refractivity contribution is 9.10. The van der Waals surface area contributed by atoms with E-state index in [0.29, 0.717) is 13.2 Å². The number of H-pyrrole nitrogens is 1. The zero-order chi connectivity index (χ0) is 17.1. The maximum absolute atomic E-state index is 5.79. The maximum atomic E-state index is 5.79. The summed E-state index contributed by atoms with van der Waals surface area (Å²) in [5.74, 6) is 1.51. The van der Waals surface area contributed by atoms with Crippen LogP contribution in [0.4, 0.5) is 0 Å². The van der Waals surface area contributed by atoms with Crippen LogP contribution in [-0.4, -0.2) is 41.4 Å². The summed E-state index contributed by atoms with van der Waals surface area (Å²) in [6, 6.07) is 4.09. The van der Waals surface area contributed by atoms with Gasteiger partial charge in [0.05, 0.1) is 23.4 Å². The average Bonchev–Trinajstić information content (AvgIpc) is 3.01. The van der Waals surface area contributed by atoms with E-state index in [1.807, 2.05) is 19.9 Å². The molecule has 0 unspecified atom stereocenters. The van der Waals surface area contributed by atoms with E-state index in [0.717, 1.165) is 53.3 Å². The first-order valence-corrected chi connectivity index (χ1v) is 9.35. The van der Waals surface area contributed by atoms with Crippen molar-refractivity contribution in [3.8, 4) is 22.8 Å². The van der Waals surface area contributed by atoms with Crippen molar-refractivity contribution in [3.05, 3.63) is 27.9 Å². The first-order valence-electron chi connectivity index (χ1n) is 8.55. The highest BCUT2D eigenvalue weighted by Gasteiger charge is 2.23. The number of rotatable bonds is 6. The normalized spacial score (nSPS) is 14.5. The Morgan fingerprint density at radius 3 is 2.71 bits per heavy atom. The Morgan fingerprint density at radius 2 is 2.00 bits per heavy atom. The van der Waals surface area contributed by atoms with Gasteiger partial charge in [-0.3, -0.25) is 10.00 Å². The first kappa shape index (κ1) is 17.3. The molecule has 24 heavy (non-hydrogen) atoms. The van der Waals surface area contributed by atoms with Gasteiger partial charge in [-0.05, 0) is 48.5 Å². The van der Waals surface area contributed by atoms with Crippen molar-refractivity contribution >= 4 is 15.9 Å². The smallest absolute Gasteiger partial charge is 0.175 e. The summed E-state index contributed by atoms with van der Waals surface area (Å²) in [5, 5.41) is 7.80. The third kappa shape index (κ3) is 3.30. The van der Waals surface area contributed by atoms with Crippen LogP contribution < -0.4 is 9.47 Å². The number of hydrogen-bond donors (Lipinski definition) is 1. The third-order valence-corrected chi connectivity index (χ3v) is 4.92. The summed E-state index contributed by atoms with van der Waals surface area (Å²) in [7, 11) is 0. The molecule has 0 radical (unpaired) electrons. The van der Waals surface area contributed by atoms with E-state index < -0.39 is 0 Å². The van der Waals surface area contributed by atoms with Crippen LogP contribution in [0.3, 0.4) is 0 Å². The van der Waals surface area contributed by atoms with Crippen LogP contribution >= 0.6 is 15.9 Å². The largest absolute Gasteiger partial charge is 0.490 e. The number of halogens is 1. The molecule has 2 heterocycles. The average molecular weight is 394 g/mol. The number of hydrogen-bond acceptors (Lipinski definition) is 4. The Morgan fingerprint density at radius 1 is 1.21 bits per heavy atom. The second-order valence-corrected chi connectivity index (χ2v) is 6.65. The zero-order valence-corrected chi connectivity index (χ0v) is 16.1. The van der Waals surface area contributed by atoms with Gasteiger partial charge in [0.15, 0.2) is 11.5 Å². The van der Waals surface area contributed by atoms with Gasteiger partial charge >= 0.3 is 0 Å². The number of benzene rings is 1. The molecule has 0 amide bonds. The van der Waals surface area contributed by atoms with E-state index in [1.54, 1.807) is 0 Å². The maximum Gasteiger partial charge on any atom is 0.175 e. The number of ether oxygens (including phenoxy) is 2. The van der Waals surface area contributed by atoms with Crippen molar-refractivity contribution in [2.75, 3.05) is 26.3 Å². The third-order valence-electron chi connectivity index (χ3n) is 4.33. The monoisotopic (exact) mass is 393 g/mol. The Kier molecular flexibility index (Phi) is 5.46. The minimum Gasteiger partial charge on any atom is -0.490 e. The highest BCUT2D eigenvalue weighted by atomic mass is 79.9. The van der Waals surface area contributed by atoms with E-state index in [2.05, 4.69) is 44.0 Å². The van der Waals surface area contributed by atoms with Crippen molar-refractivity contribution in [2.45, 2.75) is 33.7 Å². The van der Waals surface area contributed by atoms with Gasteiger partial charge in [0.25, 0.3) is 0 Å². The molecule has 0 saturated heterocycles. The van der Waals surface area contributed by atoms with Gasteiger partial charge in [0, 0.05) is 36.3 Å². The zero-order valence-electron chi connectivity index (χ0n) is 14.5. The molecule has 0 fully saturated rings. The molecule has 0 atom stereocenters. The predicted octanol–water partition coefficient (Wildman–Crippen LogP) is 4.01. The molecule has 6 heteroatoms. The molecule has 0 aliphatic carbocycles. The molecule has 1 aromatic carbocycles. The van der Waals surface area contributed by atoms with Gasteiger partial charge in [0.1, 0.15) is 0 Å². The van der Waals surface area contributed by atoms with Crippen LogP contribution in [-0.2, 0) is 13.0 Å².